The number of carbonyl (C=O) groups excluding carboxylic acids is 1. The molecule has 1 aliphatic carbocycles. The first-order chi connectivity index (χ1) is 16.8. The maximum Gasteiger partial charge on any atom is 0.181 e. The zero-order chi connectivity index (χ0) is 24.6. The number of aromatic nitrogens is 3. The topological polar surface area (TPSA) is 82.5 Å². The molecule has 178 valence electrons. The fourth-order valence-electron chi connectivity index (χ4n) is 4.31. The minimum absolute atomic E-state index is 0.300. The Morgan fingerprint density at radius 3 is 2.34 bits per heavy atom. The number of nitrogens with zero attached hydrogens (tertiary/aromatic N) is 5. The molecule has 7 nitrogen and oxygen atoms in total. The van der Waals surface area contributed by atoms with E-state index in [-0.39, 0.29) is 5.78 Å². The van der Waals surface area contributed by atoms with Crippen LogP contribution < -0.4 is 9.80 Å². The van der Waals surface area contributed by atoms with Crippen LogP contribution in [0.5, 0.6) is 0 Å². The third kappa shape index (κ3) is 4.70. The number of piperazine rings is 1. The molecule has 0 radical (unpaired) electrons. The summed E-state index contributed by atoms with van der Waals surface area (Å²) < 4.78 is 14.3. The second-order valence-corrected chi connectivity index (χ2v) is 9.22. The summed E-state index contributed by atoms with van der Waals surface area (Å²) in [6.45, 7) is 6.52. The number of carbonyl (C=O) groups is 1. The van der Waals surface area contributed by atoms with E-state index in [9.17, 15) is 14.3 Å². The number of rotatable bonds is 4. The van der Waals surface area contributed by atoms with Crippen LogP contribution in [0, 0.1) is 0 Å². The number of hydrogen-bond acceptors (Lipinski definition) is 7. The highest BCUT2D eigenvalue weighted by Gasteiger charge is 2.23. The average Bonchev–Trinajstić information content (AvgIpc) is 2.85. The van der Waals surface area contributed by atoms with Gasteiger partial charge in [0, 0.05) is 60.4 Å². The van der Waals surface area contributed by atoms with E-state index in [1.165, 1.54) is 12.2 Å². The van der Waals surface area contributed by atoms with Crippen LogP contribution in [0.4, 0.5) is 16.0 Å². The molecule has 1 saturated heterocycles. The second kappa shape index (κ2) is 9.03. The van der Waals surface area contributed by atoms with Crippen molar-refractivity contribution in [3.8, 4) is 0 Å². The Balaban J connectivity index is 1.37. The van der Waals surface area contributed by atoms with Gasteiger partial charge in [-0.1, -0.05) is 30.3 Å². The molecule has 5 rings (SSSR count). The number of benzene rings is 1. The van der Waals surface area contributed by atoms with Crippen molar-refractivity contribution in [3.05, 3.63) is 83.5 Å². The number of aliphatic hydroxyl groups is 1. The molecule has 0 spiro atoms. The fourth-order valence-corrected chi connectivity index (χ4v) is 4.31. The summed E-state index contributed by atoms with van der Waals surface area (Å²) >= 11 is 0. The molecule has 2 aliphatic rings. The second-order valence-electron chi connectivity index (χ2n) is 9.22. The molecule has 8 heteroatoms. The predicted molar refractivity (Wildman–Crippen MR) is 135 cm³/mol. The zero-order valence-electron chi connectivity index (χ0n) is 19.6. The Morgan fingerprint density at radius 1 is 0.971 bits per heavy atom. The van der Waals surface area contributed by atoms with Crippen LogP contribution in [0.15, 0.2) is 72.2 Å². The molecule has 0 saturated carbocycles. The van der Waals surface area contributed by atoms with E-state index in [0.29, 0.717) is 11.3 Å². The van der Waals surface area contributed by atoms with Crippen LogP contribution in [-0.2, 0) is 10.4 Å². The van der Waals surface area contributed by atoms with Crippen LogP contribution in [0.25, 0.3) is 16.8 Å². The minimum Gasteiger partial charge on any atom is -0.386 e. The summed E-state index contributed by atoms with van der Waals surface area (Å²) in [5.74, 6) is 0.726. The van der Waals surface area contributed by atoms with Crippen molar-refractivity contribution < 1.29 is 14.3 Å². The predicted octanol–water partition coefficient (Wildman–Crippen LogP) is 3.95. The molecule has 1 aliphatic heterocycles. The maximum atomic E-state index is 14.3. The van der Waals surface area contributed by atoms with Crippen molar-refractivity contribution in [1.82, 2.24) is 15.2 Å². The summed E-state index contributed by atoms with van der Waals surface area (Å²) in [4.78, 5) is 20.4. The number of anilines is 2. The Labute approximate surface area is 202 Å². The molecule has 1 fully saturated rings. The van der Waals surface area contributed by atoms with E-state index in [0.717, 1.165) is 60.2 Å². The quantitative estimate of drug-likeness (QED) is 0.617. The molecule has 35 heavy (non-hydrogen) atoms. The van der Waals surface area contributed by atoms with Crippen molar-refractivity contribution in [3.63, 3.8) is 0 Å². The average molecular weight is 472 g/mol. The Bertz CT molecular complexity index is 1360. The van der Waals surface area contributed by atoms with Crippen LogP contribution in [-0.4, -0.2) is 52.3 Å². The minimum atomic E-state index is -0.918. The van der Waals surface area contributed by atoms with Gasteiger partial charge >= 0.3 is 0 Å². The molecule has 0 unspecified atom stereocenters. The number of ketones is 1. The first-order valence-electron chi connectivity index (χ1n) is 11.5. The van der Waals surface area contributed by atoms with Crippen LogP contribution in [0.1, 0.15) is 25.1 Å². The molecular formula is C27H26FN5O2. The monoisotopic (exact) mass is 471 g/mol. The highest BCUT2D eigenvalue weighted by molar-refractivity contribution is 6.03. The third-order valence-electron chi connectivity index (χ3n) is 6.32. The first kappa shape index (κ1) is 22.9. The van der Waals surface area contributed by atoms with Gasteiger partial charge in [0.05, 0.1) is 11.3 Å². The van der Waals surface area contributed by atoms with Crippen LogP contribution in [0.3, 0.4) is 0 Å². The zero-order valence-corrected chi connectivity index (χ0v) is 19.6. The van der Waals surface area contributed by atoms with E-state index in [1.807, 2.05) is 36.4 Å². The summed E-state index contributed by atoms with van der Waals surface area (Å²) in [6, 6.07) is 11.7. The van der Waals surface area contributed by atoms with Crippen LogP contribution >= 0.6 is 0 Å². The van der Waals surface area contributed by atoms with Gasteiger partial charge in [-0.2, -0.15) is 0 Å². The molecule has 2 aromatic heterocycles. The lowest BCUT2D eigenvalue weighted by atomic mass is 10.0. The number of fused-ring (bicyclic) bond motifs is 1. The van der Waals surface area contributed by atoms with E-state index < -0.39 is 11.4 Å². The van der Waals surface area contributed by atoms with E-state index in [2.05, 4.69) is 25.0 Å². The lowest BCUT2D eigenvalue weighted by Gasteiger charge is -2.36. The van der Waals surface area contributed by atoms with Gasteiger partial charge in [0.2, 0.25) is 0 Å². The first-order valence-corrected chi connectivity index (χ1v) is 11.5. The molecule has 0 amide bonds. The maximum absolute atomic E-state index is 14.3. The lowest BCUT2D eigenvalue weighted by Crippen LogP contribution is -2.47. The molecule has 0 atom stereocenters. The summed E-state index contributed by atoms with van der Waals surface area (Å²) in [7, 11) is 0. The van der Waals surface area contributed by atoms with Crippen molar-refractivity contribution in [2.24, 2.45) is 0 Å². The molecule has 1 N–H and O–H groups in total. The van der Waals surface area contributed by atoms with Gasteiger partial charge in [0.25, 0.3) is 0 Å². The summed E-state index contributed by atoms with van der Waals surface area (Å²) in [5.41, 5.74) is 0.714. The largest absolute Gasteiger partial charge is 0.386 e. The number of allylic oxidation sites excluding steroid dienone is 5. The molecule has 1 aromatic carbocycles. The highest BCUT2D eigenvalue weighted by atomic mass is 19.1. The van der Waals surface area contributed by atoms with Gasteiger partial charge in [-0.15, -0.1) is 10.2 Å². The smallest absolute Gasteiger partial charge is 0.181 e. The summed E-state index contributed by atoms with van der Waals surface area (Å²) in [5, 5.41) is 20.9. The van der Waals surface area contributed by atoms with Crippen molar-refractivity contribution in [2.45, 2.75) is 19.4 Å². The standard InChI is InChI=1S/C27H26FN5O2/c1-27(2,35)19-8-10-25(29-17-19)32-11-13-33(14-12-32)26-22-6-4-3-5-21(22)24(30-31-26)15-18-7-9-20(34)16-23(18)28/h3-10,15-17,35H,11-14H2,1-2H3/b18-15+. The highest BCUT2D eigenvalue weighted by Crippen LogP contribution is 2.30. The normalized spacial score (nSPS) is 17.9. The van der Waals surface area contributed by atoms with Crippen LogP contribution in [0.2, 0.25) is 0 Å². The van der Waals surface area contributed by atoms with Gasteiger partial charge in [-0.25, -0.2) is 9.37 Å². The van der Waals surface area contributed by atoms with Gasteiger partial charge in [-0.3, -0.25) is 4.79 Å². The van der Waals surface area contributed by atoms with E-state index >= 15 is 0 Å². The van der Waals surface area contributed by atoms with E-state index in [1.54, 1.807) is 26.1 Å². The van der Waals surface area contributed by atoms with Gasteiger partial charge < -0.3 is 14.9 Å². The lowest BCUT2D eigenvalue weighted by molar-refractivity contribution is -0.110. The SMILES string of the molecule is CC(C)(O)c1ccc(N2CCN(c3nnc(/C=C4\C=CC(=O)C=C4F)c4ccccc34)CC2)nc1. The Kier molecular flexibility index (Phi) is 5.90. The molecule has 0 bridgehead atoms. The van der Waals surface area contributed by atoms with Crippen molar-refractivity contribution >= 4 is 34.3 Å². The van der Waals surface area contributed by atoms with Crippen molar-refractivity contribution in [1.29, 1.82) is 0 Å². The summed E-state index contributed by atoms with van der Waals surface area (Å²) in [6.07, 6.45) is 7.12. The molecule has 3 aromatic rings. The number of hydrogen-bond donors (Lipinski definition) is 1. The number of halogens is 1. The number of pyridine rings is 1. The molecule has 3 heterocycles. The van der Waals surface area contributed by atoms with E-state index in [4.69, 9.17) is 0 Å². The van der Waals surface area contributed by atoms with Gasteiger partial charge in [0.1, 0.15) is 11.6 Å². The molecular weight excluding hydrogens is 445 g/mol. The Morgan fingerprint density at radius 2 is 1.69 bits per heavy atom. The van der Waals surface area contributed by atoms with Crippen molar-refractivity contribution in [2.75, 3.05) is 36.0 Å². The van der Waals surface area contributed by atoms with Gasteiger partial charge in [-0.05, 0) is 38.1 Å². The van der Waals surface area contributed by atoms with Gasteiger partial charge in [0.15, 0.2) is 11.6 Å². The Hall–Kier alpha value is -3.91. The third-order valence-corrected chi connectivity index (χ3v) is 6.32. The fraction of sp³-hybridized carbons (Fsp3) is 0.259.